The predicted octanol–water partition coefficient (Wildman–Crippen LogP) is 4.03. The molecule has 0 saturated heterocycles. The van der Waals surface area contributed by atoms with E-state index in [2.05, 4.69) is 43.2 Å². The van der Waals surface area contributed by atoms with E-state index in [1.807, 2.05) is 23.7 Å². The highest BCUT2D eigenvalue weighted by Crippen LogP contribution is 2.17. The van der Waals surface area contributed by atoms with Gasteiger partial charge in [0.15, 0.2) is 0 Å². The maximum atomic E-state index is 5.68. The zero-order valence-corrected chi connectivity index (χ0v) is 13.1. The third kappa shape index (κ3) is 4.62. The van der Waals surface area contributed by atoms with Gasteiger partial charge in [0.05, 0.1) is 12.6 Å². The second-order valence-electron chi connectivity index (χ2n) is 5.32. The fraction of sp³-hybridized carbons (Fsp3) is 0.438. The molecule has 2 aromatic rings. The van der Waals surface area contributed by atoms with Crippen LogP contribution in [0.4, 0.5) is 0 Å². The summed E-state index contributed by atoms with van der Waals surface area (Å²) in [7, 11) is 0. The molecule has 0 fully saturated rings. The van der Waals surface area contributed by atoms with Crippen LogP contribution in [0.5, 0.6) is 5.75 Å². The van der Waals surface area contributed by atoms with Crippen LogP contribution in [0.1, 0.15) is 37.4 Å². The van der Waals surface area contributed by atoms with Crippen LogP contribution in [0.25, 0.3) is 0 Å². The second-order valence-corrected chi connectivity index (χ2v) is 6.25. The van der Waals surface area contributed by atoms with Crippen molar-refractivity contribution in [1.82, 2.24) is 10.3 Å². The van der Waals surface area contributed by atoms with Gasteiger partial charge in [0, 0.05) is 18.1 Å². The Labute approximate surface area is 125 Å². The summed E-state index contributed by atoms with van der Waals surface area (Å²) in [6, 6.07) is 8.57. The molecule has 2 rings (SSSR count). The van der Waals surface area contributed by atoms with E-state index in [-0.39, 0.29) is 6.04 Å². The van der Waals surface area contributed by atoms with Crippen molar-refractivity contribution < 1.29 is 4.74 Å². The van der Waals surface area contributed by atoms with Gasteiger partial charge in [0.2, 0.25) is 0 Å². The molecule has 0 spiro atoms. The molecular weight excluding hydrogens is 268 g/mol. The van der Waals surface area contributed by atoms with Gasteiger partial charge in [0.1, 0.15) is 10.8 Å². The lowest BCUT2D eigenvalue weighted by atomic mass is 10.2. The largest absolute Gasteiger partial charge is 0.493 e. The number of rotatable bonds is 7. The molecule has 0 amide bonds. The molecule has 0 bridgehead atoms. The number of nitrogens with zero attached hydrogens (tertiary/aromatic N) is 1. The van der Waals surface area contributed by atoms with Gasteiger partial charge in [-0.2, -0.15) is 0 Å². The van der Waals surface area contributed by atoms with Gasteiger partial charge >= 0.3 is 0 Å². The normalized spacial score (nSPS) is 12.6. The van der Waals surface area contributed by atoms with Crippen molar-refractivity contribution >= 4 is 11.3 Å². The summed E-state index contributed by atoms with van der Waals surface area (Å²) in [4.78, 5) is 4.32. The molecule has 20 heavy (non-hydrogen) atoms. The van der Waals surface area contributed by atoms with Crippen molar-refractivity contribution in [2.45, 2.75) is 33.4 Å². The van der Waals surface area contributed by atoms with Crippen LogP contribution in [0, 0.1) is 5.92 Å². The summed E-state index contributed by atoms with van der Waals surface area (Å²) < 4.78 is 5.68. The third-order valence-corrected chi connectivity index (χ3v) is 3.90. The first-order chi connectivity index (χ1) is 9.65. The third-order valence-electron chi connectivity index (χ3n) is 2.94. The quantitative estimate of drug-likeness (QED) is 0.836. The highest BCUT2D eigenvalue weighted by atomic mass is 32.1. The van der Waals surface area contributed by atoms with E-state index in [0.29, 0.717) is 5.92 Å². The first-order valence-electron chi connectivity index (χ1n) is 6.99. The van der Waals surface area contributed by atoms with Crippen molar-refractivity contribution in [3.63, 3.8) is 0 Å². The number of ether oxygens (including phenoxy) is 1. The summed E-state index contributed by atoms with van der Waals surface area (Å²) in [6.45, 7) is 8.04. The lowest BCUT2D eigenvalue weighted by molar-refractivity contribution is 0.271. The molecule has 0 saturated carbocycles. The Bertz CT molecular complexity index is 494. The van der Waals surface area contributed by atoms with E-state index < -0.39 is 0 Å². The average molecular weight is 290 g/mol. The lowest BCUT2D eigenvalue weighted by Crippen LogP contribution is -2.17. The molecule has 0 aliphatic rings. The molecule has 3 nitrogen and oxygen atoms in total. The molecule has 1 N–H and O–H groups in total. The van der Waals surface area contributed by atoms with Crippen LogP contribution in [0.2, 0.25) is 0 Å². The molecule has 1 aromatic carbocycles. The number of hydrogen-bond acceptors (Lipinski definition) is 4. The van der Waals surface area contributed by atoms with Gasteiger partial charge in [-0.15, -0.1) is 11.3 Å². The molecular formula is C16H22N2OS. The second kappa shape index (κ2) is 7.41. The summed E-state index contributed by atoms with van der Waals surface area (Å²) in [5.41, 5.74) is 1.25. The number of nitrogens with one attached hydrogen (secondary N) is 1. The molecule has 1 atom stereocenters. The Morgan fingerprint density at radius 3 is 2.55 bits per heavy atom. The van der Waals surface area contributed by atoms with Gasteiger partial charge in [0.25, 0.3) is 0 Å². The number of thiazole rings is 1. The minimum Gasteiger partial charge on any atom is -0.493 e. The van der Waals surface area contributed by atoms with E-state index in [1.165, 1.54) is 5.56 Å². The van der Waals surface area contributed by atoms with Crippen LogP contribution in [0.15, 0.2) is 35.8 Å². The Balaban J connectivity index is 1.81. The summed E-state index contributed by atoms with van der Waals surface area (Å²) in [5.74, 6) is 1.49. The van der Waals surface area contributed by atoms with E-state index in [9.17, 15) is 0 Å². The van der Waals surface area contributed by atoms with Crippen molar-refractivity contribution in [2.24, 2.45) is 5.92 Å². The SMILES string of the molecule is CC(C)COc1ccc(CN[C@H](C)c2nccs2)cc1. The van der Waals surface area contributed by atoms with Crippen molar-refractivity contribution in [3.8, 4) is 5.75 Å². The first kappa shape index (κ1) is 15.0. The smallest absolute Gasteiger partial charge is 0.119 e. The van der Waals surface area contributed by atoms with Gasteiger partial charge in [-0.1, -0.05) is 26.0 Å². The number of hydrogen-bond donors (Lipinski definition) is 1. The molecule has 0 radical (unpaired) electrons. The minimum atomic E-state index is 0.284. The fourth-order valence-electron chi connectivity index (χ4n) is 1.77. The summed E-state index contributed by atoms with van der Waals surface area (Å²) >= 11 is 1.68. The monoisotopic (exact) mass is 290 g/mol. The van der Waals surface area contributed by atoms with E-state index >= 15 is 0 Å². The van der Waals surface area contributed by atoms with Crippen LogP contribution in [-0.4, -0.2) is 11.6 Å². The van der Waals surface area contributed by atoms with E-state index in [4.69, 9.17) is 4.74 Å². The highest BCUT2D eigenvalue weighted by Gasteiger charge is 2.07. The molecule has 4 heteroatoms. The molecule has 0 aliphatic carbocycles. The van der Waals surface area contributed by atoms with Gasteiger partial charge < -0.3 is 10.1 Å². The van der Waals surface area contributed by atoms with Crippen LogP contribution in [0.3, 0.4) is 0 Å². The highest BCUT2D eigenvalue weighted by molar-refractivity contribution is 7.09. The van der Waals surface area contributed by atoms with Crippen molar-refractivity contribution in [1.29, 1.82) is 0 Å². The Morgan fingerprint density at radius 1 is 1.20 bits per heavy atom. The molecule has 1 aromatic heterocycles. The maximum absolute atomic E-state index is 5.68. The molecule has 0 unspecified atom stereocenters. The first-order valence-corrected chi connectivity index (χ1v) is 7.87. The zero-order valence-electron chi connectivity index (χ0n) is 12.3. The van der Waals surface area contributed by atoms with E-state index in [1.54, 1.807) is 11.3 Å². The number of benzene rings is 1. The van der Waals surface area contributed by atoms with Gasteiger partial charge in [-0.3, -0.25) is 0 Å². The standard InChI is InChI=1S/C16H22N2OS/c1-12(2)11-19-15-6-4-14(5-7-15)10-18-13(3)16-17-8-9-20-16/h4-9,12-13,18H,10-11H2,1-3H3/t13-/m1/s1. The van der Waals surface area contributed by atoms with Crippen LogP contribution >= 0.6 is 11.3 Å². The Morgan fingerprint density at radius 2 is 1.95 bits per heavy atom. The van der Waals surface area contributed by atoms with Gasteiger partial charge in [-0.05, 0) is 30.5 Å². The zero-order chi connectivity index (χ0) is 14.4. The molecule has 0 aliphatic heterocycles. The summed E-state index contributed by atoms with van der Waals surface area (Å²) in [6.07, 6.45) is 1.85. The Kier molecular flexibility index (Phi) is 5.56. The lowest BCUT2D eigenvalue weighted by Gasteiger charge is -2.12. The average Bonchev–Trinajstić information content (AvgIpc) is 2.98. The van der Waals surface area contributed by atoms with Crippen LogP contribution < -0.4 is 10.1 Å². The topological polar surface area (TPSA) is 34.1 Å². The molecule has 108 valence electrons. The Hall–Kier alpha value is -1.39. The van der Waals surface area contributed by atoms with Crippen LogP contribution in [-0.2, 0) is 6.54 Å². The molecule has 1 heterocycles. The maximum Gasteiger partial charge on any atom is 0.119 e. The number of aromatic nitrogens is 1. The predicted molar refractivity (Wildman–Crippen MR) is 84.1 cm³/mol. The van der Waals surface area contributed by atoms with Gasteiger partial charge in [-0.25, -0.2) is 4.98 Å². The van der Waals surface area contributed by atoms with Crippen molar-refractivity contribution in [2.75, 3.05) is 6.61 Å². The fourth-order valence-corrected chi connectivity index (χ4v) is 2.44. The van der Waals surface area contributed by atoms with E-state index in [0.717, 1.165) is 23.9 Å². The summed E-state index contributed by atoms with van der Waals surface area (Å²) in [5, 5.41) is 6.61. The van der Waals surface area contributed by atoms with Crippen molar-refractivity contribution in [3.05, 3.63) is 46.4 Å². The minimum absolute atomic E-state index is 0.284.